The SMILES string of the molecule is C#CCC(CC)Nc1nc2c(C)cccn2n1. The highest BCUT2D eigenvalue weighted by Crippen LogP contribution is 2.12. The lowest BCUT2D eigenvalue weighted by molar-refractivity contribution is 0.706. The van der Waals surface area contributed by atoms with Crippen molar-refractivity contribution in [1.82, 2.24) is 14.6 Å². The van der Waals surface area contributed by atoms with Crippen LogP contribution in [0, 0.1) is 19.3 Å². The van der Waals surface area contributed by atoms with Crippen LogP contribution in [0.15, 0.2) is 18.3 Å². The molecule has 4 heteroatoms. The van der Waals surface area contributed by atoms with Crippen molar-refractivity contribution in [2.75, 3.05) is 5.32 Å². The van der Waals surface area contributed by atoms with E-state index in [4.69, 9.17) is 6.42 Å². The minimum atomic E-state index is 0.234. The minimum absolute atomic E-state index is 0.234. The maximum atomic E-state index is 5.32. The Kier molecular flexibility index (Phi) is 3.29. The van der Waals surface area contributed by atoms with E-state index in [9.17, 15) is 0 Å². The van der Waals surface area contributed by atoms with E-state index in [0.29, 0.717) is 12.4 Å². The number of hydrogen-bond donors (Lipinski definition) is 1. The van der Waals surface area contributed by atoms with Crippen molar-refractivity contribution in [3.05, 3.63) is 23.9 Å². The quantitative estimate of drug-likeness (QED) is 0.816. The summed E-state index contributed by atoms with van der Waals surface area (Å²) in [5, 5.41) is 7.63. The zero-order valence-corrected chi connectivity index (χ0v) is 10.1. The van der Waals surface area contributed by atoms with Crippen LogP contribution in [0.4, 0.5) is 5.95 Å². The molecule has 2 rings (SSSR count). The number of nitrogens with one attached hydrogen (secondary N) is 1. The standard InChI is InChI=1S/C13H16N4/c1-4-7-11(5-2)14-13-15-12-10(3)8-6-9-17(12)16-13/h1,6,8-9,11H,5,7H2,2-3H3,(H,14,16). The Bertz CT molecular complexity index is 550. The second-order valence-corrected chi connectivity index (χ2v) is 4.05. The Balaban J connectivity index is 2.25. The van der Waals surface area contributed by atoms with Crippen molar-refractivity contribution in [2.45, 2.75) is 32.7 Å². The molecule has 0 amide bonds. The van der Waals surface area contributed by atoms with Gasteiger partial charge >= 0.3 is 0 Å². The van der Waals surface area contributed by atoms with Crippen molar-refractivity contribution >= 4 is 11.6 Å². The number of anilines is 1. The third kappa shape index (κ3) is 2.39. The zero-order valence-electron chi connectivity index (χ0n) is 10.1. The highest BCUT2D eigenvalue weighted by molar-refractivity contribution is 5.50. The van der Waals surface area contributed by atoms with E-state index in [0.717, 1.165) is 17.6 Å². The summed E-state index contributed by atoms with van der Waals surface area (Å²) in [6.45, 7) is 4.11. The molecule has 0 radical (unpaired) electrons. The largest absolute Gasteiger partial charge is 0.349 e. The molecule has 1 atom stereocenters. The molecule has 0 spiro atoms. The lowest BCUT2D eigenvalue weighted by Gasteiger charge is -2.11. The first-order valence-electron chi connectivity index (χ1n) is 5.76. The highest BCUT2D eigenvalue weighted by atomic mass is 15.3. The molecule has 0 aromatic carbocycles. The normalized spacial score (nSPS) is 12.3. The Morgan fingerprint density at radius 3 is 3.06 bits per heavy atom. The van der Waals surface area contributed by atoms with Crippen LogP contribution in [0.1, 0.15) is 25.3 Å². The van der Waals surface area contributed by atoms with Gasteiger partial charge in [0.05, 0.1) is 0 Å². The Morgan fingerprint density at radius 2 is 2.41 bits per heavy atom. The molecule has 0 saturated heterocycles. The van der Waals surface area contributed by atoms with E-state index in [1.165, 1.54) is 0 Å². The van der Waals surface area contributed by atoms with Gasteiger partial charge in [-0.25, -0.2) is 4.52 Å². The molecule has 2 aromatic heterocycles. The maximum absolute atomic E-state index is 5.32. The van der Waals surface area contributed by atoms with Crippen LogP contribution in [0.5, 0.6) is 0 Å². The van der Waals surface area contributed by atoms with Crippen LogP contribution < -0.4 is 5.32 Å². The van der Waals surface area contributed by atoms with Crippen LogP contribution in [-0.2, 0) is 0 Å². The molecule has 17 heavy (non-hydrogen) atoms. The third-order valence-electron chi connectivity index (χ3n) is 2.75. The van der Waals surface area contributed by atoms with E-state index in [-0.39, 0.29) is 6.04 Å². The zero-order chi connectivity index (χ0) is 12.3. The van der Waals surface area contributed by atoms with E-state index in [1.54, 1.807) is 4.52 Å². The summed E-state index contributed by atoms with van der Waals surface area (Å²) in [6.07, 6.45) is 8.86. The summed E-state index contributed by atoms with van der Waals surface area (Å²) in [5.41, 5.74) is 1.99. The molecule has 2 aromatic rings. The number of aryl methyl sites for hydroxylation is 1. The smallest absolute Gasteiger partial charge is 0.243 e. The van der Waals surface area contributed by atoms with Crippen LogP contribution in [0.3, 0.4) is 0 Å². The van der Waals surface area contributed by atoms with Gasteiger partial charge in [-0.2, -0.15) is 4.98 Å². The summed E-state index contributed by atoms with van der Waals surface area (Å²) in [5.74, 6) is 3.30. The first kappa shape index (κ1) is 11.5. The van der Waals surface area contributed by atoms with E-state index >= 15 is 0 Å². The van der Waals surface area contributed by atoms with Gasteiger partial charge in [0, 0.05) is 18.7 Å². The lowest BCUT2D eigenvalue weighted by Crippen LogP contribution is -2.18. The van der Waals surface area contributed by atoms with Gasteiger partial charge in [-0.15, -0.1) is 17.4 Å². The van der Waals surface area contributed by atoms with Gasteiger partial charge in [-0.3, -0.25) is 0 Å². The van der Waals surface area contributed by atoms with Crippen LogP contribution >= 0.6 is 0 Å². The second kappa shape index (κ2) is 4.88. The third-order valence-corrected chi connectivity index (χ3v) is 2.75. The summed E-state index contributed by atoms with van der Waals surface area (Å²) >= 11 is 0. The second-order valence-electron chi connectivity index (χ2n) is 4.05. The van der Waals surface area contributed by atoms with E-state index < -0.39 is 0 Å². The molecule has 0 fully saturated rings. The number of pyridine rings is 1. The van der Waals surface area contributed by atoms with Gasteiger partial charge < -0.3 is 5.32 Å². The highest BCUT2D eigenvalue weighted by Gasteiger charge is 2.09. The molecule has 88 valence electrons. The number of hydrogen-bond acceptors (Lipinski definition) is 3. The molecule has 0 aliphatic rings. The average Bonchev–Trinajstić information content (AvgIpc) is 2.72. The van der Waals surface area contributed by atoms with Gasteiger partial charge in [0.15, 0.2) is 5.65 Å². The summed E-state index contributed by atoms with van der Waals surface area (Å²) in [4.78, 5) is 4.45. The van der Waals surface area contributed by atoms with Gasteiger partial charge in [0.1, 0.15) is 0 Å². The average molecular weight is 228 g/mol. The molecular formula is C13H16N4. The topological polar surface area (TPSA) is 42.2 Å². The number of nitrogens with zero attached hydrogens (tertiary/aromatic N) is 3. The van der Waals surface area contributed by atoms with Gasteiger partial charge in [-0.1, -0.05) is 13.0 Å². The molecular weight excluding hydrogens is 212 g/mol. The fraction of sp³-hybridized carbons (Fsp3) is 0.385. The first-order chi connectivity index (χ1) is 8.24. The molecule has 0 saturated carbocycles. The number of aromatic nitrogens is 3. The molecule has 0 bridgehead atoms. The van der Waals surface area contributed by atoms with Crippen LogP contribution in [0.25, 0.3) is 5.65 Å². The monoisotopic (exact) mass is 228 g/mol. The molecule has 0 aliphatic carbocycles. The molecule has 1 unspecified atom stereocenters. The van der Waals surface area contributed by atoms with Gasteiger partial charge in [0.25, 0.3) is 0 Å². The summed E-state index contributed by atoms with van der Waals surface area (Å²) in [6, 6.07) is 4.21. The summed E-state index contributed by atoms with van der Waals surface area (Å²) < 4.78 is 1.78. The Morgan fingerprint density at radius 1 is 1.59 bits per heavy atom. The predicted molar refractivity (Wildman–Crippen MR) is 68.9 cm³/mol. The van der Waals surface area contributed by atoms with E-state index in [2.05, 4.69) is 28.2 Å². The Labute approximate surface area is 101 Å². The predicted octanol–water partition coefficient (Wildman–Crippen LogP) is 2.25. The molecule has 0 aliphatic heterocycles. The van der Waals surface area contributed by atoms with Crippen LogP contribution in [-0.4, -0.2) is 20.6 Å². The summed E-state index contributed by atoms with van der Waals surface area (Å²) in [7, 11) is 0. The molecule has 1 N–H and O–H groups in total. The maximum Gasteiger partial charge on any atom is 0.243 e. The van der Waals surface area contributed by atoms with Gasteiger partial charge in [0.2, 0.25) is 5.95 Å². The fourth-order valence-electron chi connectivity index (χ4n) is 1.72. The first-order valence-corrected chi connectivity index (χ1v) is 5.76. The van der Waals surface area contributed by atoms with Crippen molar-refractivity contribution < 1.29 is 0 Å². The molecule has 2 heterocycles. The van der Waals surface area contributed by atoms with Crippen molar-refractivity contribution in [1.29, 1.82) is 0 Å². The van der Waals surface area contributed by atoms with Crippen molar-refractivity contribution in [3.8, 4) is 12.3 Å². The Hall–Kier alpha value is -2.02. The minimum Gasteiger partial charge on any atom is -0.349 e. The van der Waals surface area contributed by atoms with Crippen molar-refractivity contribution in [3.63, 3.8) is 0 Å². The molecule has 4 nitrogen and oxygen atoms in total. The number of terminal acetylenes is 1. The van der Waals surface area contributed by atoms with E-state index in [1.807, 2.05) is 25.3 Å². The fourth-order valence-corrected chi connectivity index (χ4v) is 1.72. The van der Waals surface area contributed by atoms with Crippen molar-refractivity contribution in [2.24, 2.45) is 0 Å². The van der Waals surface area contributed by atoms with Gasteiger partial charge in [-0.05, 0) is 25.0 Å². The number of rotatable bonds is 4. The van der Waals surface area contributed by atoms with Crippen LogP contribution in [0.2, 0.25) is 0 Å². The number of fused-ring (bicyclic) bond motifs is 1. The lowest BCUT2D eigenvalue weighted by atomic mass is 10.2.